The van der Waals surface area contributed by atoms with Gasteiger partial charge in [-0.05, 0) is 19.1 Å². The molecule has 0 aliphatic carbocycles. The summed E-state index contributed by atoms with van der Waals surface area (Å²) >= 11 is 0. The number of nitrogens with one attached hydrogen (secondary N) is 1. The Morgan fingerprint density at radius 1 is 1.23 bits per heavy atom. The van der Waals surface area contributed by atoms with Gasteiger partial charge in [-0.2, -0.15) is 5.10 Å². The molecule has 0 spiro atoms. The van der Waals surface area contributed by atoms with Gasteiger partial charge in [-0.3, -0.25) is 9.67 Å². The number of para-hydroxylation sites is 1. The van der Waals surface area contributed by atoms with Crippen LogP contribution in [0.5, 0.6) is 0 Å². The van der Waals surface area contributed by atoms with Gasteiger partial charge in [0.2, 0.25) is 10.0 Å². The topological polar surface area (TPSA) is 76.9 Å². The summed E-state index contributed by atoms with van der Waals surface area (Å²) in [5, 5.41) is 4.85. The quantitative estimate of drug-likeness (QED) is 0.799. The van der Waals surface area contributed by atoms with Crippen LogP contribution in [0.25, 0.3) is 10.9 Å². The van der Waals surface area contributed by atoms with Gasteiger partial charge in [0.05, 0.1) is 11.7 Å². The molecule has 0 radical (unpaired) electrons. The molecule has 0 aliphatic rings. The summed E-state index contributed by atoms with van der Waals surface area (Å²) in [6.07, 6.45) is 5.02. The number of rotatable bonds is 4. The first-order valence-electron chi connectivity index (χ1n) is 6.82. The second kappa shape index (κ2) is 5.51. The standard InChI is InChI=1S/C15H16N4O2S/c1-11(13-9-17-19(2)10-13)18-22(20,21)14-7-3-5-12-6-4-8-16-15(12)14/h3-11,18H,1-2H3. The fraction of sp³-hybridized carbons (Fsp3) is 0.200. The minimum absolute atomic E-state index is 0.182. The second-order valence-corrected chi connectivity index (χ2v) is 6.80. The summed E-state index contributed by atoms with van der Waals surface area (Å²) in [6, 6.07) is 8.36. The van der Waals surface area contributed by atoms with E-state index in [1.54, 1.807) is 55.4 Å². The summed E-state index contributed by atoms with van der Waals surface area (Å²) < 4.78 is 29.6. The van der Waals surface area contributed by atoms with Crippen LogP contribution in [0.15, 0.2) is 53.8 Å². The summed E-state index contributed by atoms with van der Waals surface area (Å²) in [6.45, 7) is 1.78. The molecule has 3 rings (SSSR count). The Hall–Kier alpha value is -2.25. The second-order valence-electron chi connectivity index (χ2n) is 5.12. The predicted molar refractivity (Wildman–Crippen MR) is 83.7 cm³/mol. The van der Waals surface area contributed by atoms with Crippen molar-refractivity contribution in [3.63, 3.8) is 0 Å². The highest BCUT2D eigenvalue weighted by Gasteiger charge is 2.21. The highest BCUT2D eigenvalue weighted by Crippen LogP contribution is 2.22. The van der Waals surface area contributed by atoms with E-state index in [1.165, 1.54) is 0 Å². The van der Waals surface area contributed by atoms with Crippen molar-refractivity contribution >= 4 is 20.9 Å². The van der Waals surface area contributed by atoms with E-state index >= 15 is 0 Å². The molecule has 0 aliphatic heterocycles. The number of sulfonamides is 1. The largest absolute Gasteiger partial charge is 0.275 e. The van der Waals surface area contributed by atoms with E-state index in [1.807, 2.05) is 12.1 Å². The molecule has 0 fully saturated rings. The zero-order valence-electron chi connectivity index (χ0n) is 12.3. The van der Waals surface area contributed by atoms with Crippen molar-refractivity contribution in [2.45, 2.75) is 17.9 Å². The summed E-state index contributed by atoms with van der Waals surface area (Å²) in [4.78, 5) is 4.38. The molecule has 0 amide bonds. The molecule has 114 valence electrons. The van der Waals surface area contributed by atoms with Crippen molar-refractivity contribution in [2.75, 3.05) is 0 Å². The van der Waals surface area contributed by atoms with E-state index in [0.29, 0.717) is 5.52 Å². The van der Waals surface area contributed by atoms with Crippen LogP contribution in [0, 0.1) is 0 Å². The number of aryl methyl sites for hydroxylation is 1. The van der Waals surface area contributed by atoms with E-state index in [9.17, 15) is 8.42 Å². The smallest absolute Gasteiger partial charge is 0.243 e. The average molecular weight is 316 g/mol. The Labute approximate surface area is 128 Å². The van der Waals surface area contributed by atoms with Gasteiger partial charge in [0.1, 0.15) is 4.90 Å². The van der Waals surface area contributed by atoms with Crippen molar-refractivity contribution in [3.05, 3.63) is 54.5 Å². The molecule has 22 heavy (non-hydrogen) atoms. The maximum absolute atomic E-state index is 12.7. The lowest BCUT2D eigenvalue weighted by Gasteiger charge is -2.13. The maximum atomic E-state index is 12.7. The molecular formula is C15H16N4O2S. The molecule has 1 N–H and O–H groups in total. The van der Waals surface area contributed by atoms with Crippen molar-refractivity contribution in [1.29, 1.82) is 0 Å². The van der Waals surface area contributed by atoms with E-state index in [0.717, 1.165) is 10.9 Å². The first kappa shape index (κ1) is 14.7. The summed E-state index contributed by atoms with van der Waals surface area (Å²) in [5.41, 5.74) is 1.27. The number of hydrogen-bond acceptors (Lipinski definition) is 4. The average Bonchev–Trinajstić information content (AvgIpc) is 2.93. The molecule has 2 aromatic heterocycles. The molecule has 6 nitrogen and oxygen atoms in total. The van der Waals surface area contributed by atoms with Crippen molar-refractivity contribution < 1.29 is 8.42 Å². The van der Waals surface area contributed by atoms with Crippen molar-refractivity contribution in [3.8, 4) is 0 Å². The first-order valence-corrected chi connectivity index (χ1v) is 8.30. The highest BCUT2D eigenvalue weighted by atomic mass is 32.2. The van der Waals surface area contributed by atoms with Gasteiger partial charge >= 0.3 is 0 Å². The van der Waals surface area contributed by atoms with E-state index in [-0.39, 0.29) is 10.9 Å². The SMILES string of the molecule is CC(NS(=O)(=O)c1cccc2cccnc12)c1cnn(C)c1. The van der Waals surface area contributed by atoms with Crippen LogP contribution in [-0.4, -0.2) is 23.2 Å². The Bertz CT molecular complexity index is 913. The number of benzene rings is 1. The minimum Gasteiger partial charge on any atom is -0.275 e. The lowest BCUT2D eigenvalue weighted by Crippen LogP contribution is -2.27. The van der Waals surface area contributed by atoms with Crippen molar-refractivity contribution in [2.24, 2.45) is 7.05 Å². The zero-order chi connectivity index (χ0) is 15.7. The van der Waals surface area contributed by atoms with Crippen LogP contribution in [0.1, 0.15) is 18.5 Å². The Balaban J connectivity index is 1.98. The monoisotopic (exact) mass is 316 g/mol. The Morgan fingerprint density at radius 2 is 2.00 bits per heavy atom. The van der Waals surface area contributed by atoms with Gasteiger partial charge in [0.15, 0.2) is 0 Å². The normalized spacial score (nSPS) is 13.4. The van der Waals surface area contributed by atoms with Crippen LogP contribution in [0.2, 0.25) is 0 Å². The Kier molecular flexibility index (Phi) is 3.67. The predicted octanol–water partition coefficient (Wildman–Crippen LogP) is 2.01. The fourth-order valence-corrected chi connectivity index (χ4v) is 3.73. The summed E-state index contributed by atoms with van der Waals surface area (Å²) in [7, 11) is -1.88. The van der Waals surface area contributed by atoms with E-state index < -0.39 is 10.0 Å². The third kappa shape index (κ3) is 2.72. The number of nitrogens with zero attached hydrogens (tertiary/aromatic N) is 3. The van der Waals surface area contributed by atoms with E-state index in [4.69, 9.17) is 0 Å². The third-order valence-electron chi connectivity index (χ3n) is 3.44. The maximum Gasteiger partial charge on any atom is 0.243 e. The molecule has 2 heterocycles. The summed E-state index contributed by atoms with van der Waals surface area (Å²) in [5.74, 6) is 0. The van der Waals surface area contributed by atoms with E-state index in [2.05, 4.69) is 14.8 Å². The first-order chi connectivity index (χ1) is 10.5. The van der Waals surface area contributed by atoms with Gasteiger partial charge in [0.25, 0.3) is 0 Å². The van der Waals surface area contributed by atoms with Crippen LogP contribution >= 0.6 is 0 Å². The molecule has 0 saturated carbocycles. The van der Waals surface area contributed by atoms with Crippen LogP contribution in [0.4, 0.5) is 0 Å². The molecule has 1 aromatic carbocycles. The fourth-order valence-electron chi connectivity index (χ4n) is 2.32. The minimum atomic E-state index is -3.67. The van der Waals surface area contributed by atoms with Crippen LogP contribution in [-0.2, 0) is 17.1 Å². The molecule has 0 saturated heterocycles. The van der Waals surface area contributed by atoms with Crippen molar-refractivity contribution in [1.82, 2.24) is 19.5 Å². The molecular weight excluding hydrogens is 300 g/mol. The lowest BCUT2D eigenvalue weighted by atomic mass is 10.2. The van der Waals surface area contributed by atoms with Gasteiger partial charge in [-0.1, -0.05) is 18.2 Å². The lowest BCUT2D eigenvalue weighted by molar-refractivity contribution is 0.567. The molecule has 0 bridgehead atoms. The molecule has 1 atom stereocenters. The molecule has 3 aromatic rings. The number of aromatic nitrogens is 3. The molecule has 1 unspecified atom stereocenters. The number of fused-ring (bicyclic) bond motifs is 1. The zero-order valence-corrected chi connectivity index (χ0v) is 13.1. The van der Waals surface area contributed by atoms with Gasteiger partial charge < -0.3 is 0 Å². The van der Waals surface area contributed by atoms with Crippen LogP contribution in [0.3, 0.4) is 0 Å². The highest BCUT2D eigenvalue weighted by molar-refractivity contribution is 7.89. The van der Waals surface area contributed by atoms with Crippen LogP contribution < -0.4 is 4.72 Å². The molecule has 7 heteroatoms. The van der Waals surface area contributed by atoms with Gasteiger partial charge in [-0.15, -0.1) is 0 Å². The third-order valence-corrected chi connectivity index (χ3v) is 5.01. The number of hydrogen-bond donors (Lipinski definition) is 1. The number of pyridine rings is 1. The van der Waals surface area contributed by atoms with Gasteiger partial charge in [-0.25, -0.2) is 13.1 Å². The Morgan fingerprint density at radius 3 is 2.73 bits per heavy atom. The van der Waals surface area contributed by atoms with Gasteiger partial charge in [0, 0.05) is 36.4 Å².